The molecule has 0 aliphatic rings. The molecule has 0 saturated carbocycles. The van der Waals surface area contributed by atoms with Crippen LogP contribution in [0.5, 0.6) is 0 Å². The summed E-state index contributed by atoms with van der Waals surface area (Å²) in [5, 5.41) is 27.5. The molecule has 0 radical (unpaired) electrons. The highest BCUT2D eigenvalue weighted by atomic mass is 16.2. The third-order valence-corrected chi connectivity index (χ3v) is 0. The predicted octanol–water partition coefficient (Wildman–Crippen LogP) is 1.34. The van der Waals surface area contributed by atoms with Crippen molar-refractivity contribution in [1.29, 1.82) is 10.5 Å². The van der Waals surface area contributed by atoms with Gasteiger partial charge in [0.05, 0.1) is 0 Å². The zero-order valence-electron chi connectivity index (χ0n) is 6.37. The van der Waals surface area contributed by atoms with Crippen LogP contribution >= 0.6 is 0 Å². The van der Waals surface area contributed by atoms with Gasteiger partial charge >= 0.3 is 0 Å². The quantitative estimate of drug-likeness (QED) is 0.502. The number of nitrogens with zero attached hydrogens (tertiary/aromatic N) is 2. The Morgan fingerprint density at radius 1 is 1.00 bits per heavy atom. The normalized spacial score (nSPS) is 5.00. The van der Waals surface area contributed by atoms with Gasteiger partial charge in [0.15, 0.2) is 0 Å². The Hall–Kier alpha value is -1.42. The Balaban J connectivity index is -0.0000000750. The van der Waals surface area contributed by atoms with Crippen LogP contribution < -0.4 is 0 Å². The number of nitriles is 2. The third kappa shape index (κ3) is 102. The van der Waals surface area contributed by atoms with Crippen LogP contribution in [0, 0.1) is 29.0 Å². The van der Waals surface area contributed by atoms with E-state index in [1.165, 1.54) is 0 Å². The minimum Gasteiger partial charge on any atom is -0.443 e. The Bertz CT molecular complexity index is 95.1. The summed E-state index contributed by atoms with van der Waals surface area (Å²) >= 11 is 0. The fourth-order valence-corrected chi connectivity index (χ4v) is 0. The van der Waals surface area contributed by atoms with Gasteiger partial charge in [0, 0.05) is 0 Å². The molecule has 0 saturated heterocycles. The molecule has 0 aromatic carbocycles. The highest BCUT2D eigenvalue weighted by molar-refractivity contribution is 4.31. The van der Waals surface area contributed by atoms with E-state index >= 15 is 0 Å². The lowest BCUT2D eigenvalue weighted by atomic mass is 10.3. The molecule has 4 nitrogen and oxygen atoms in total. The van der Waals surface area contributed by atoms with Crippen molar-refractivity contribution in [3.63, 3.8) is 0 Å². The minimum atomic E-state index is 0.750. The van der Waals surface area contributed by atoms with E-state index in [-0.39, 0.29) is 0 Å². The van der Waals surface area contributed by atoms with Gasteiger partial charge in [-0.1, -0.05) is 20.8 Å². The van der Waals surface area contributed by atoms with Crippen LogP contribution in [0.25, 0.3) is 0 Å². The van der Waals surface area contributed by atoms with E-state index in [1.807, 2.05) is 0 Å². The van der Waals surface area contributed by atoms with E-state index in [4.69, 9.17) is 20.7 Å². The summed E-state index contributed by atoms with van der Waals surface area (Å²) in [5.41, 5.74) is 0. The van der Waals surface area contributed by atoms with Gasteiger partial charge in [0.1, 0.15) is 0 Å². The number of aliphatic hydroxyl groups excluding tert-OH is 2. The molecule has 0 aliphatic carbocycles. The average Bonchev–Trinajstić information content (AvgIpc) is 1.65. The molecule has 0 aromatic heterocycles. The van der Waals surface area contributed by atoms with Crippen LogP contribution in [-0.2, 0) is 0 Å². The van der Waals surface area contributed by atoms with E-state index in [9.17, 15) is 0 Å². The van der Waals surface area contributed by atoms with Crippen LogP contribution in [0.4, 0.5) is 0 Å². The summed E-state index contributed by atoms with van der Waals surface area (Å²) in [6, 6.07) is 0. The van der Waals surface area contributed by atoms with Gasteiger partial charge in [-0.2, -0.15) is 10.5 Å². The fraction of sp³-hybridized carbons (Fsp3) is 0.667. The predicted molar refractivity (Wildman–Crippen MR) is 35.6 cm³/mol. The first-order valence-electron chi connectivity index (χ1n) is 2.63. The molecule has 0 spiro atoms. The molecule has 0 rings (SSSR count). The zero-order chi connectivity index (χ0) is 8.99. The van der Waals surface area contributed by atoms with Gasteiger partial charge in [-0.15, -0.1) is 0 Å². The standard InChI is InChI=1S/C4H10.2CHNO/c1-4(2)3;2*2-1-3/h4H,1-3H3;2*3H. The maximum atomic E-state index is 6.88. The number of hydrogen-bond donors (Lipinski definition) is 2. The molecule has 0 bridgehead atoms. The van der Waals surface area contributed by atoms with Crippen molar-refractivity contribution >= 4 is 0 Å². The van der Waals surface area contributed by atoms with E-state index in [0.717, 1.165) is 18.4 Å². The van der Waals surface area contributed by atoms with Crippen LogP contribution in [0.3, 0.4) is 0 Å². The van der Waals surface area contributed by atoms with Crippen LogP contribution in [0.1, 0.15) is 20.8 Å². The molecule has 0 aliphatic heterocycles. The van der Waals surface area contributed by atoms with Crippen molar-refractivity contribution < 1.29 is 10.2 Å². The first-order valence-corrected chi connectivity index (χ1v) is 2.63. The maximum Gasteiger partial charge on any atom is 0.283 e. The van der Waals surface area contributed by atoms with Crippen LogP contribution in [0.2, 0.25) is 0 Å². The van der Waals surface area contributed by atoms with E-state index in [2.05, 4.69) is 20.8 Å². The van der Waals surface area contributed by atoms with E-state index < -0.39 is 0 Å². The lowest BCUT2D eigenvalue weighted by Gasteiger charge is -1.79. The van der Waals surface area contributed by atoms with Crippen molar-refractivity contribution in [2.24, 2.45) is 5.92 Å². The Morgan fingerprint density at radius 2 is 1.00 bits per heavy atom. The number of hydrogen-bond acceptors (Lipinski definition) is 4. The molecule has 0 atom stereocenters. The summed E-state index contributed by atoms with van der Waals surface area (Å²) in [7, 11) is 0. The SMILES string of the molecule is CC(C)C.N#CO.N#CO. The third-order valence-electron chi connectivity index (χ3n) is 0. The molecule has 4 heteroatoms. The topological polar surface area (TPSA) is 88.0 Å². The second-order valence-electron chi connectivity index (χ2n) is 1.93. The highest BCUT2D eigenvalue weighted by Gasteiger charge is 1.68. The van der Waals surface area contributed by atoms with Gasteiger partial charge in [0.25, 0.3) is 12.5 Å². The molecule has 0 amide bonds. The first-order chi connectivity index (χ1) is 4.56. The summed E-state index contributed by atoms with van der Waals surface area (Å²) in [6.45, 7) is 6.50. The maximum absolute atomic E-state index is 6.88. The molecule has 0 aromatic rings. The zero-order valence-corrected chi connectivity index (χ0v) is 6.37. The molecule has 10 heavy (non-hydrogen) atoms. The molecule has 0 heterocycles. The van der Waals surface area contributed by atoms with Gasteiger partial charge in [0.2, 0.25) is 0 Å². The van der Waals surface area contributed by atoms with Crippen molar-refractivity contribution in [1.82, 2.24) is 0 Å². The molecule has 2 N–H and O–H groups in total. The largest absolute Gasteiger partial charge is 0.443 e. The highest BCUT2D eigenvalue weighted by Crippen LogP contribution is 1.81. The van der Waals surface area contributed by atoms with Gasteiger partial charge in [-0.25, -0.2) is 0 Å². The van der Waals surface area contributed by atoms with Crippen LogP contribution in [0.15, 0.2) is 0 Å². The number of rotatable bonds is 0. The number of aliphatic hydroxyl groups is 2. The summed E-state index contributed by atoms with van der Waals surface area (Å²) in [4.78, 5) is 0. The molecule has 0 unspecified atom stereocenters. The van der Waals surface area contributed by atoms with Crippen molar-refractivity contribution in [2.45, 2.75) is 20.8 Å². The summed E-state index contributed by atoms with van der Waals surface area (Å²) in [6.07, 6.45) is 1.50. The lowest BCUT2D eigenvalue weighted by Crippen LogP contribution is -1.66. The fourth-order valence-electron chi connectivity index (χ4n) is 0. The summed E-state index contributed by atoms with van der Waals surface area (Å²) in [5.74, 6) is 0.833. The molecular weight excluding hydrogens is 132 g/mol. The minimum absolute atomic E-state index is 0.750. The summed E-state index contributed by atoms with van der Waals surface area (Å²) < 4.78 is 0. The van der Waals surface area contributed by atoms with Crippen LogP contribution in [-0.4, -0.2) is 10.2 Å². The smallest absolute Gasteiger partial charge is 0.283 e. The average molecular weight is 144 g/mol. The lowest BCUT2D eigenvalue weighted by molar-refractivity contribution is 0.502. The van der Waals surface area contributed by atoms with Crippen molar-refractivity contribution in [2.75, 3.05) is 0 Å². The Morgan fingerprint density at radius 3 is 1.00 bits per heavy atom. The van der Waals surface area contributed by atoms with E-state index in [1.54, 1.807) is 0 Å². The van der Waals surface area contributed by atoms with Crippen molar-refractivity contribution in [3.8, 4) is 12.5 Å². The van der Waals surface area contributed by atoms with Gasteiger partial charge in [-0.3, -0.25) is 0 Å². The Labute approximate surface area is 60.9 Å². The molecule has 0 fully saturated rings. The molecule has 58 valence electrons. The second kappa shape index (κ2) is 25.6. The molecular formula is C6H12N2O2. The van der Waals surface area contributed by atoms with Gasteiger partial charge < -0.3 is 10.2 Å². The monoisotopic (exact) mass is 144 g/mol. The van der Waals surface area contributed by atoms with Crippen molar-refractivity contribution in [3.05, 3.63) is 0 Å². The Kier molecular flexibility index (Phi) is 40.5. The van der Waals surface area contributed by atoms with Gasteiger partial charge in [-0.05, 0) is 5.92 Å². The van der Waals surface area contributed by atoms with E-state index in [0.29, 0.717) is 0 Å². The second-order valence-corrected chi connectivity index (χ2v) is 1.93. The first kappa shape index (κ1) is 15.8.